The van der Waals surface area contributed by atoms with Gasteiger partial charge in [-0.3, -0.25) is 0 Å². The summed E-state index contributed by atoms with van der Waals surface area (Å²) in [6.07, 6.45) is 3.33. The lowest BCUT2D eigenvalue weighted by Gasteiger charge is -2.48. The van der Waals surface area contributed by atoms with Gasteiger partial charge in [-0.15, -0.1) is 5.10 Å². The smallest absolute Gasteiger partial charge is 0.160 e. The molecule has 8 nitrogen and oxygen atoms in total. The Bertz CT molecular complexity index is 910. The van der Waals surface area contributed by atoms with Crippen molar-refractivity contribution in [2.75, 3.05) is 30.8 Å². The zero-order valence-electron chi connectivity index (χ0n) is 14.0. The van der Waals surface area contributed by atoms with E-state index >= 15 is 0 Å². The van der Waals surface area contributed by atoms with Gasteiger partial charge in [-0.25, -0.2) is 19.6 Å². The number of rotatable bonds is 3. The quantitative estimate of drug-likeness (QED) is 0.738. The summed E-state index contributed by atoms with van der Waals surface area (Å²) in [5.74, 6) is 2.09. The summed E-state index contributed by atoms with van der Waals surface area (Å²) < 4.78 is 1.81. The van der Waals surface area contributed by atoms with Gasteiger partial charge in [0.2, 0.25) is 0 Å². The average molecular weight is 324 g/mol. The summed E-state index contributed by atoms with van der Waals surface area (Å²) >= 11 is 0. The van der Waals surface area contributed by atoms with E-state index in [4.69, 9.17) is 10.8 Å². The van der Waals surface area contributed by atoms with Gasteiger partial charge in [-0.1, -0.05) is 0 Å². The van der Waals surface area contributed by atoms with Crippen molar-refractivity contribution in [1.82, 2.24) is 30.0 Å². The summed E-state index contributed by atoms with van der Waals surface area (Å²) in [4.78, 5) is 15.0. The van der Waals surface area contributed by atoms with Gasteiger partial charge >= 0.3 is 0 Å². The van der Waals surface area contributed by atoms with Crippen LogP contribution in [0.25, 0.3) is 16.7 Å². The molecule has 3 aromatic heterocycles. The van der Waals surface area contributed by atoms with Crippen LogP contribution in [0.5, 0.6) is 0 Å². The lowest BCUT2D eigenvalue weighted by molar-refractivity contribution is 0.301. The number of nitrogens with two attached hydrogens (primary N) is 1. The number of hydrogen-bond acceptors (Lipinski definition) is 7. The highest BCUT2D eigenvalue weighted by Crippen LogP contribution is 2.33. The maximum Gasteiger partial charge on any atom is 0.160 e. The van der Waals surface area contributed by atoms with Crippen LogP contribution in [0.15, 0.2) is 24.7 Å². The molecule has 0 aliphatic carbocycles. The Balaban J connectivity index is 1.85. The third-order valence-corrected chi connectivity index (χ3v) is 4.56. The van der Waals surface area contributed by atoms with Crippen molar-refractivity contribution in [1.29, 1.82) is 0 Å². The highest BCUT2D eigenvalue weighted by molar-refractivity contribution is 5.92. The number of nitrogens with one attached hydrogen (secondary N) is 1. The van der Waals surface area contributed by atoms with Crippen LogP contribution in [0.1, 0.15) is 12.6 Å². The first-order valence-electron chi connectivity index (χ1n) is 7.86. The van der Waals surface area contributed by atoms with Gasteiger partial charge in [0, 0.05) is 37.1 Å². The molecule has 4 rings (SSSR count). The van der Waals surface area contributed by atoms with Crippen LogP contribution in [0.3, 0.4) is 0 Å². The van der Waals surface area contributed by atoms with E-state index < -0.39 is 0 Å². The molecule has 0 aromatic carbocycles. The van der Waals surface area contributed by atoms with Gasteiger partial charge in [-0.05, 0) is 20.9 Å². The van der Waals surface area contributed by atoms with E-state index in [0.29, 0.717) is 5.82 Å². The van der Waals surface area contributed by atoms with Gasteiger partial charge in [-0.2, -0.15) is 0 Å². The van der Waals surface area contributed by atoms with Crippen LogP contribution in [0.2, 0.25) is 0 Å². The van der Waals surface area contributed by atoms with Gasteiger partial charge < -0.3 is 16.0 Å². The summed E-state index contributed by atoms with van der Waals surface area (Å²) in [6.45, 7) is 5.92. The van der Waals surface area contributed by atoms with Crippen molar-refractivity contribution in [2.45, 2.75) is 19.4 Å². The van der Waals surface area contributed by atoms with Gasteiger partial charge in [0.25, 0.3) is 0 Å². The zero-order valence-corrected chi connectivity index (χ0v) is 14.0. The highest BCUT2D eigenvalue weighted by Gasteiger charge is 2.39. The van der Waals surface area contributed by atoms with E-state index in [9.17, 15) is 0 Å². The maximum absolute atomic E-state index is 5.89. The standard InChI is InChI=1S/C16H20N8/c1-10-4-14(21-9-20-10)24-12-5-13(17)19-6-11(12)15(22-24)23-7-16(2,8-23)18-3/h4-6,9,18H,7-8H2,1-3H3,(H2,17,19). The molecule has 0 spiro atoms. The number of fused-ring (bicyclic) bond motifs is 1. The zero-order chi connectivity index (χ0) is 16.9. The number of nitrogen functional groups attached to an aromatic ring is 1. The fourth-order valence-corrected chi connectivity index (χ4v) is 3.08. The third-order valence-electron chi connectivity index (χ3n) is 4.56. The molecular weight excluding hydrogens is 304 g/mol. The number of aryl methyl sites for hydroxylation is 1. The van der Waals surface area contributed by atoms with Crippen molar-refractivity contribution in [3.05, 3.63) is 30.4 Å². The van der Waals surface area contributed by atoms with Crippen molar-refractivity contribution < 1.29 is 0 Å². The van der Waals surface area contributed by atoms with E-state index in [1.807, 2.05) is 30.8 Å². The normalized spacial score (nSPS) is 16.4. The molecule has 124 valence electrons. The molecule has 4 heterocycles. The average Bonchev–Trinajstić information content (AvgIpc) is 2.90. The first-order chi connectivity index (χ1) is 11.5. The molecule has 24 heavy (non-hydrogen) atoms. The van der Waals surface area contributed by atoms with E-state index in [1.165, 1.54) is 0 Å². The van der Waals surface area contributed by atoms with E-state index in [-0.39, 0.29) is 5.54 Å². The Hall–Kier alpha value is -2.74. The minimum absolute atomic E-state index is 0.114. The maximum atomic E-state index is 5.89. The minimum Gasteiger partial charge on any atom is -0.384 e. The molecule has 0 bridgehead atoms. The molecule has 0 atom stereocenters. The third kappa shape index (κ3) is 2.26. The molecule has 1 aliphatic rings. The summed E-state index contributed by atoms with van der Waals surface area (Å²) in [5, 5.41) is 9.11. The second kappa shape index (κ2) is 5.13. The fraction of sp³-hybridized carbons (Fsp3) is 0.375. The number of likely N-dealkylation sites (N-methyl/N-ethyl adjacent to an activating group) is 1. The molecule has 0 unspecified atom stereocenters. The second-order valence-electron chi connectivity index (χ2n) is 6.55. The van der Waals surface area contributed by atoms with E-state index in [0.717, 1.165) is 41.3 Å². The van der Waals surface area contributed by atoms with Gasteiger partial charge in [0.1, 0.15) is 12.1 Å². The number of aromatic nitrogens is 5. The van der Waals surface area contributed by atoms with Crippen LogP contribution in [0.4, 0.5) is 11.6 Å². The van der Waals surface area contributed by atoms with Crippen LogP contribution < -0.4 is 16.0 Å². The molecule has 3 N–H and O–H groups in total. The number of pyridine rings is 1. The first kappa shape index (κ1) is 14.8. The number of anilines is 2. The van der Waals surface area contributed by atoms with Crippen LogP contribution >= 0.6 is 0 Å². The topological polar surface area (TPSA) is 97.8 Å². The van der Waals surface area contributed by atoms with Crippen LogP contribution in [-0.2, 0) is 0 Å². The Labute approximate surface area is 139 Å². The lowest BCUT2D eigenvalue weighted by Crippen LogP contribution is -2.67. The lowest BCUT2D eigenvalue weighted by atomic mass is 9.92. The largest absolute Gasteiger partial charge is 0.384 e. The first-order valence-corrected chi connectivity index (χ1v) is 7.86. The molecular formula is C16H20N8. The molecule has 0 saturated carbocycles. The molecule has 1 fully saturated rings. The Kier molecular flexibility index (Phi) is 3.17. The fourth-order valence-electron chi connectivity index (χ4n) is 3.08. The Morgan fingerprint density at radius 2 is 2.00 bits per heavy atom. The van der Waals surface area contributed by atoms with Gasteiger partial charge in [0.05, 0.1) is 16.4 Å². The molecule has 1 saturated heterocycles. The van der Waals surface area contributed by atoms with Crippen molar-refractivity contribution in [3.63, 3.8) is 0 Å². The van der Waals surface area contributed by atoms with Crippen LogP contribution in [-0.4, -0.2) is 50.4 Å². The Morgan fingerprint density at radius 3 is 2.71 bits per heavy atom. The summed E-state index contributed by atoms with van der Waals surface area (Å²) in [7, 11) is 1.99. The number of nitrogens with zero attached hydrogens (tertiary/aromatic N) is 6. The molecule has 3 aromatic rings. The van der Waals surface area contributed by atoms with Crippen molar-refractivity contribution in [3.8, 4) is 5.82 Å². The second-order valence-corrected chi connectivity index (χ2v) is 6.55. The number of hydrogen-bond donors (Lipinski definition) is 2. The van der Waals surface area contributed by atoms with E-state index in [2.05, 4.69) is 32.1 Å². The monoisotopic (exact) mass is 324 g/mol. The predicted molar refractivity (Wildman–Crippen MR) is 93.3 cm³/mol. The summed E-state index contributed by atoms with van der Waals surface area (Å²) in [5.41, 5.74) is 7.79. The van der Waals surface area contributed by atoms with Gasteiger partial charge in [0.15, 0.2) is 11.6 Å². The van der Waals surface area contributed by atoms with Crippen molar-refractivity contribution in [2.24, 2.45) is 0 Å². The minimum atomic E-state index is 0.114. The molecule has 0 amide bonds. The molecule has 1 aliphatic heterocycles. The highest BCUT2D eigenvalue weighted by atomic mass is 15.4. The van der Waals surface area contributed by atoms with Crippen molar-refractivity contribution >= 4 is 22.5 Å². The van der Waals surface area contributed by atoms with Crippen LogP contribution in [0, 0.1) is 6.92 Å². The SMILES string of the molecule is CNC1(C)CN(c2nn(-c3cc(C)ncn3)c3cc(N)ncc23)C1. The summed E-state index contributed by atoms with van der Waals surface area (Å²) in [6, 6.07) is 3.74. The molecule has 8 heteroatoms. The Morgan fingerprint density at radius 1 is 1.21 bits per heavy atom. The predicted octanol–water partition coefficient (Wildman–Crippen LogP) is 0.899. The van der Waals surface area contributed by atoms with E-state index in [1.54, 1.807) is 12.5 Å². The molecule has 0 radical (unpaired) electrons.